The summed E-state index contributed by atoms with van der Waals surface area (Å²) < 4.78 is 6.13. The van der Waals surface area contributed by atoms with Gasteiger partial charge < -0.3 is 10.1 Å². The van der Waals surface area contributed by atoms with Crippen molar-refractivity contribution in [1.82, 2.24) is 15.5 Å². The molecule has 1 aromatic rings. The van der Waals surface area contributed by atoms with Crippen LogP contribution in [-0.2, 0) is 0 Å². The summed E-state index contributed by atoms with van der Waals surface area (Å²) in [5.74, 6) is 0.575. The van der Waals surface area contributed by atoms with Gasteiger partial charge in [-0.15, -0.1) is 10.2 Å². The van der Waals surface area contributed by atoms with Gasteiger partial charge in [0.1, 0.15) is 10.3 Å². The Balaban J connectivity index is 2.37. The van der Waals surface area contributed by atoms with Gasteiger partial charge in [0.25, 0.3) is 0 Å². The van der Waals surface area contributed by atoms with Gasteiger partial charge in [-0.1, -0.05) is 0 Å². The molecule has 0 aliphatic carbocycles. The number of nitrogens with one attached hydrogen (secondary N) is 1. The van der Waals surface area contributed by atoms with Crippen LogP contribution in [-0.4, -0.2) is 30.4 Å². The van der Waals surface area contributed by atoms with Crippen molar-refractivity contribution in [3.05, 3.63) is 15.8 Å². The number of rotatable bonds is 4. The molecule has 5 heteroatoms. The van der Waals surface area contributed by atoms with Gasteiger partial charge in [-0.05, 0) is 35.7 Å². The molecule has 1 rings (SSSR count). The van der Waals surface area contributed by atoms with E-state index in [1.807, 2.05) is 19.2 Å². The van der Waals surface area contributed by atoms with Gasteiger partial charge in [-0.2, -0.15) is 0 Å². The lowest BCUT2D eigenvalue weighted by molar-refractivity contribution is 0.302. The van der Waals surface area contributed by atoms with E-state index < -0.39 is 0 Å². The maximum Gasteiger partial charge on any atom is 0.233 e. The highest BCUT2D eigenvalue weighted by Crippen LogP contribution is 2.05. The second-order valence-electron chi connectivity index (χ2n) is 2.15. The summed E-state index contributed by atoms with van der Waals surface area (Å²) in [4.78, 5) is 0. The molecule has 0 aromatic carbocycles. The van der Waals surface area contributed by atoms with Crippen molar-refractivity contribution in [2.45, 2.75) is 0 Å². The molecule has 0 spiro atoms. The number of nitrogens with zero attached hydrogens (tertiary/aromatic N) is 2. The van der Waals surface area contributed by atoms with E-state index in [1.54, 1.807) is 0 Å². The van der Waals surface area contributed by atoms with E-state index >= 15 is 0 Å². The molecular formula is C7H10IN3O. The first-order chi connectivity index (χ1) is 5.83. The molecule has 4 nitrogen and oxygen atoms in total. The topological polar surface area (TPSA) is 47.0 Å². The summed E-state index contributed by atoms with van der Waals surface area (Å²) in [5, 5.41) is 10.7. The molecule has 1 heterocycles. The molecule has 12 heavy (non-hydrogen) atoms. The van der Waals surface area contributed by atoms with Crippen LogP contribution in [0.15, 0.2) is 12.1 Å². The number of aromatic nitrogens is 2. The van der Waals surface area contributed by atoms with E-state index in [0.29, 0.717) is 12.5 Å². The fraction of sp³-hybridized carbons (Fsp3) is 0.429. The molecule has 0 saturated carbocycles. The predicted molar refractivity (Wildman–Crippen MR) is 54.2 cm³/mol. The largest absolute Gasteiger partial charge is 0.475 e. The summed E-state index contributed by atoms with van der Waals surface area (Å²) in [6.07, 6.45) is 0. The number of halogens is 1. The van der Waals surface area contributed by atoms with Crippen molar-refractivity contribution in [2.24, 2.45) is 0 Å². The van der Waals surface area contributed by atoms with E-state index in [9.17, 15) is 0 Å². The highest BCUT2D eigenvalue weighted by atomic mass is 127. The molecule has 1 N–H and O–H groups in total. The highest BCUT2D eigenvalue weighted by Gasteiger charge is 1.94. The smallest absolute Gasteiger partial charge is 0.233 e. The van der Waals surface area contributed by atoms with Gasteiger partial charge in [0.05, 0.1) is 0 Å². The van der Waals surface area contributed by atoms with Gasteiger partial charge in [-0.25, -0.2) is 0 Å². The van der Waals surface area contributed by atoms with Crippen LogP contribution in [0.1, 0.15) is 0 Å². The molecule has 0 aliphatic rings. The number of hydrogen-bond donors (Lipinski definition) is 1. The van der Waals surface area contributed by atoms with Crippen LogP contribution in [0.4, 0.5) is 0 Å². The second-order valence-corrected chi connectivity index (χ2v) is 3.25. The second kappa shape index (κ2) is 5.26. The van der Waals surface area contributed by atoms with Gasteiger partial charge in [0.15, 0.2) is 0 Å². The lowest BCUT2D eigenvalue weighted by Crippen LogP contribution is -2.16. The molecule has 66 valence electrons. The van der Waals surface area contributed by atoms with Crippen LogP contribution >= 0.6 is 22.6 Å². The molecule has 0 atom stereocenters. The average Bonchev–Trinajstić information content (AvgIpc) is 2.09. The summed E-state index contributed by atoms with van der Waals surface area (Å²) in [6.45, 7) is 1.43. The first-order valence-corrected chi connectivity index (χ1v) is 4.67. The van der Waals surface area contributed by atoms with Gasteiger partial charge in [-0.3, -0.25) is 0 Å². The minimum Gasteiger partial charge on any atom is -0.475 e. The third-order valence-corrected chi connectivity index (χ3v) is 1.78. The summed E-state index contributed by atoms with van der Waals surface area (Å²) in [7, 11) is 1.88. The van der Waals surface area contributed by atoms with Crippen LogP contribution < -0.4 is 10.1 Å². The normalized spacial score (nSPS) is 9.83. The average molecular weight is 279 g/mol. The van der Waals surface area contributed by atoms with Crippen molar-refractivity contribution in [3.8, 4) is 5.88 Å². The van der Waals surface area contributed by atoms with Crippen molar-refractivity contribution in [3.63, 3.8) is 0 Å². The summed E-state index contributed by atoms with van der Waals surface area (Å²) >= 11 is 2.10. The summed E-state index contributed by atoms with van der Waals surface area (Å²) in [5.41, 5.74) is 0. The summed E-state index contributed by atoms with van der Waals surface area (Å²) in [6, 6.07) is 3.67. The fourth-order valence-corrected chi connectivity index (χ4v) is 0.926. The fourth-order valence-electron chi connectivity index (χ4n) is 0.638. The monoisotopic (exact) mass is 279 g/mol. The predicted octanol–water partition coefficient (Wildman–Crippen LogP) is 0.679. The zero-order valence-electron chi connectivity index (χ0n) is 6.75. The number of likely N-dealkylation sites (N-methyl/N-ethyl adjacent to an activating group) is 1. The molecule has 0 bridgehead atoms. The number of ether oxygens (including phenoxy) is 1. The van der Waals surface area contributed by atoms with E-state index in [0.717, 1.165) is 10.2 Å². The van der Waals surface area contributed by atoms with Crippen LogP contribution in [0.5, 0.6) is 5.88 Å². The van der Waals surface area contributed by atoms with E-state index in [1.165, 1.54) is 0 Å². The molecule has 0 radical (unpaired) electrons. The lowest BCUT2D eigenvalue weighted by Gasteiger charge is -2.02. The molecule has 0 fully saturated rings. The molecule has 1 aromatic heterocycles. The third kappa shape index (κ3) is 3.31. The minimum atomic E-state index is 0.575. The quantitative estimate of drug-likeness (QED) is 0.650. The Morgan fingerprint density at radius 1 is 1.50 bits per heavy atom. The molecule has 0 unspecified atom stereocenters. The Labute approximate surface area is 84.9 Å². The SMILES string of the molecule is CNCCOc1ccc(I)nn1. The molecule has 0 amide bonds. The van der Waals surface area contributed by atoms with Crippen LogP contribution in [0.2, 0.25) is 0 Å². The van der Waals surface area contributed by atoms with Crippen LogP contribution in [0, 0.1) is 3.70 Å². The zero-order chi connectivity index (χ0) is 8.81. The highest BCUT2D eigenvalue weighted by molar-refractivity contribution is 14.1. The lowest BCUT2D eigenvalue weighted by atomic mass is 10.6. The van der Waals surface area contributed by atoms with Gasteiger partial charge in [0.2, 0.25) is 5.88 Å². The van der Waals surface area contributed by atoms with Crippen molar-refractivity contribution < 1.29 is 4.74 Å². The molecule has 0 saturated heterocycles. The first-order valence-electron chi connectivity index (χ1n) is 3.59. The van der Waals surface area contributed by atoms with Gasteiger partial charge >= 0.3 is 0 Å². The Kier molecular flexibility index (Phi) is 4.23. The Morgan fingerprint density at radius 3 is 2.92 bits per heavy atom. The zero-order valence-corrected chi connectivity index (χ0v) is 8.91. The Morgan fingerprint density at radius 2 is 2.33 bits per heavy atom. The maximum atomic E-state index is 5.26. The van der Waals surface area contributed by atoms with Crippen molar-refractivity contribution in [2.75, 3.05) is 20.2 Å². The van der Waals surface area contributed by atoms with E-state index in [2.05, 4.69) is 38.1 Å². The van der Waals surface area contributed by atoms with Crippen molar-refractivity contribution >= 4 is 22.6 Å². The molecular weight excluding hydrogens is 269 g/mol. The minimum absolute atomic E-state index is 0.575. The van der Waals surface area contributed by atoms with Gasteiger partial charge in [0, 0.05) is 12.6 Å². The van der Waals surface area contributed by atoms with E-state index in [-0.39, 0.29) is 0 Å². The molecule has 0 aliphatic heterocycles. The maximum absolute atomic E-state index is 5.26. The Hall–Kier alpha value is -0.430. The van der Waals surface area contributed by atoms with Crippen molar-refractivity contribution in [1.29, 1.82) is 0 Å². The first kappa shape index (κ1) is 9.66. The Bertz CT molecular complexity index is 227. The standard InChI is InChI=1S/C7H10IN3O/c1-9-4-5-12-7-3-2-6(8)10-11-7/h2-3,9H,4-5H2,1H3. The van der Waals surface area contributed by atoms with Crippen LogP contribution in [0.3, 0.4) is 0 Å². The van der Waals surface area contributed by atoms with E-state index in [4.69, 9.17) is 4.74 Å². The third-order valence-electron chi connectivity index (χ3n) is 1.21. The van der Waals surface area contributed by atoms with Crippen LogP contribution in [0.25, 0.3) is 0 Å². The number of hydrogen-bond acceptors (Lipinski definition) is 4.